The Bertz CT molecular complexity index is 849. The van der Waals surface area contributed by atoms with Crippen molar-refractivity contribution in [3.8, 4) is 0 Å². The summed E-state index contributed by atoms with van der Waals surface area (Å²) in [5.41, 5.74) is 2.74. The van der Waals surface area contributed by atoms with Gasteiger partial charge in [-0.1, -0.05) is 69.7 Å². The lowest BCUT2D eigenvalue weighted by atomic mass is 10.00. The second kappa shape index (κ2) is 12.2. The number of nitrogens with one attached hydrogen (secondary N) is 1. The molecule has 2 rings (SSSR count). The van der Waals surface area contributed by atoms with Gasteiger partial charge in [0.15, 0.2) is 0 Å². The van der Waals surface area contributed by atoms with E-state index in [1.807, 2.05) is 12.1 Å². The predicted molar refractivity (Wildman–Crippen MR) is 123 cm³/mol. The van der Waals surface area contributed by atoms with Gasteiger partial charge in [-0.3, -0.25) is 9.59 Å². The van der Waals surface area contributed by atoms with Crippen LogP contribution in [0.5, 0.6) is 0 Å². The van der Waals surface area contributed by atoms with E-state index in [4.69, 9.17) is 0 Å². The van der Waals surface area contributed by atoms with E-state index in [1.54, 1.807) is 25.1 Å². The molecule has 2 aromatic carbocycles. The lowest BCUT2D eigenvalue weighted by molar-refractivity contribution is -0.140. The number of rotatable bonds is 11. The molecule has 168 valence electrons. The summed E-state index contributed by atoms with van der Waals surface area (Å²) in [5.74, 6) is -0.282. The highest BCUT2D eigenvalue weighted by Gasteiger charge is 2.26. The van der Waals surface area contributed by atoms with E-state index < -0.39 is 6.04 Å². The quantitative estimate of drug-likeness (QED) is 0.501. The van der Waals surface area contributed by atoms with Gasteiger partial charge >= 0.3 is 0 Å². The van der Waals surface area contributed by atoms with Gasteiger partial charge in [0.1, 0.15) is 11.9 Å². The Labute approximate surface area is 185 Å². The largest absolute Gasteiger partial charge is 0.354 e. The van der Waals surface area contributed by atoms with E-state index >= 15 is 0 Å². The number of benzene rings is 2. The van der Waals surface area contributed by atoms with Crippen molar-refractivity contribution < 1.29 is 14.0 Å². The van der Waals surface area contributed by atoms with E-state index in [-0.39, 0.29) is 30.6 Å². The molecule has 0 aliphatic carbocycles. The summed E-state index contributed by atoms with van der Waals surface area (Å²) in [4.78, 5) is 27.2. The summed E-state index contributed by atoms with van der Waals surface area (Å²) in [6.07, 6.45) is 2.70. The van der Waals surface area contributed by atoms with Gasteiger partial charge in [-0.15, -0.1) is 0 Å². The molecule has 0 bridgehead atoms. The van der Waals surface area contributed by atoms with Gasteiger partial charge < -0.3 is 10.2 Å². The van der Waals surface area contributed by atoms with Crippen molar-refractivity contribution in [3.05, 3.63) is 71.0 Å². The molecule has 4 nitrogen and oxygen atoms in total. The average molecular weight is 427 g/mol. The fourth-order valence-electron chi connectivity index (χ4n) is 3.39. The number of carbonyl (C=O) groups is 2. The number of carbonyl (C=O) groups excluding carboxylic acids is 2. The van der Waals surface area contributed by atoms with Crippen LogP contribution in [0.1, 0.15) is 69.6 Å². The molecule has 2 amide bonds. The van der Waals surface area contributed by atoms with Crippen molar-refractivity contribution in [1.29, 1.82) is 0 Å². The van der Waals surface area contributed by atoms with Crippen molar-refractivity contribution >= 4 is 11.8 Å². The fourth-order valence-corrected chi connectivity index (χ4v) is 3.39. The van der Waals surface area contributed by atoms with Gasteiger partial charge in [0.25, 0.3) is 0 Å². The minimum atomic E-state index is -0.674. The van der Waals surface area contributed by atoms with Crippen LogP contribution in [0.3, 0.4) is 0 Å². The minimum absolute atomic E-state index is 0.0696. The molecule has 0 aromatic heterocycles. The van der Waals surface area contributed by atoms with E-state index in [0.717, 1.165) is 18.4 Å². The van der Waals surface area contributed by atoms with Crippen LogP contribution in [0.15, 0.2) is 48.5 Å². The second-order valence-electron chi connectivity index (χ2n) is 8.33. The summed E-state index contributed by atoms with van der Waals surface area (Å²) < 4.78 is 14.2. The number of hydrogen-bond donors (Lipinski definition) is 1. The maximum atomic E-state index is 14.2. The van der Waals surface area contributed by atoms with Crippen LogP contribution in [0.2, 0.25) is 0 Å². The van der Waals surface area contributed by atoms with Crippen LogP contribution in [0.25, 0.3) is 0 Å². The van der Waals surface area contributed by atoms with E-state index in [1.165, 1.54) is 16.5 Å². The summed E-state index contributed by atoms with van der Waals surface area (Å²) in [5, 5.41) is 2.88. The molecule has 1 atom stereocenters. The highest BCUT2D eigenvalue weighted by molar-refractivity contribution is 5.87. The third kappa shape index (κ3) is 7.50. The van der Waals surface area contributed by atoms with Crippen LogP contribution in [-0.2, 0) is 22.6 Å². The Balaban J connectivity index is 2.11. The van der Waals surface area contributed by atoms with Crippen LogP contribution < -0.4 is 5.32 Å². The van der Waals surface area contributed by atoms with Crippen molar-refractivity contribution in [2.75, 3.05) is 6.54 Å². The third-order valence-corrected chi connectivity index (χ3v) is 5.57. The Morgan fingerprint density at radius 1 is 1.03 bits per heavy atom. The zero-order chi connectivity index (χ0) is 22.8. The molecule has 0 saturated heterocycles. The Morgan fingerprint density at radius 3 is 2.32 bits per heavy atom. The lowest BCUT2D eigenvalue weighted by Gasteiger charge is -2.29. The monoisotopic (exact) mass is 426 g/mol. The van der Waals surface area contributed by atoms with Crippen LogP contribution in [0, 0.1) is 5.82 Å². The van der Waals surface area contributed by atoms with E-state index in [0.29, 0.717) is 24.4 Å². The zero-order valence-electron chi connectivity index (χ0n) is 19.2. The Morgan fingerprint density at radius 2 is 1.71 bits per heavy atom. The maximum absolute atomic E-state index is 14.2. The molecule has 0 saturated carbocycles. The van der Waals surface area contributed by atoms with Crippen molar-refractivity contribution in [2.24, 2.45) is 0 Å². The first-order chi connectivity index (χ1) is 14.8. The maximum Gasteiger partial charge on any atom is 0.242 e. The lowest BCUT2D eigenvalue weighted by Crippen LogP contribution is -2.48. The minimum Gasteiger partial charge on any atom is -0.354 e. The number of aryl methyl sites for hydroxylation is 1. The van der Waals surface area contributed by atoms with Crippen LogP contribution in [-0.4, -0.2) is 29.3 Å². The highest BCUT2D eigenvalue weighted by Crippen LogP contribution is 2.18. The SMILES string of the molecule is CCCCNC(=O)[C@@H](C)N(Cc1ccccc1F)C(=O)CCc1ccc(C(C)C)cc1. The van der Waals surface area contributed by atoms with Crippen LogP contribution in [0.4, 0.5) is 4.39 Å². The number of halogens is 1. The summed E-state index contributed by atoms with van der Waals surface area (Å²) >= 11 is 0. The number of nitrogens with zero attached hydrogens (tertiary/aromatic N) is 1. The van der Waals surface area contributed by atoms with Crippen molar-refractivity contribution in [2.45, 2.75) is 71.9 Å². The molecule has 0 fully saturated rings. The van der Waals surface area contributed by atoms with Gasteiger partial charge in [0.2, 0.25) is 11.8 Å². The molecule has 1 N–H and O–H groups in total. The first-order valence-corrected chi connectivity index (χ1v) is 11.2. The first kappa shape index (κ1) is 24.6. The van der Waals surface area contributed by atoms with Crippen LogP contribution >= 0.6 is 0 Å². The fraction of sp³-hybridized carbons (Fsp3) is 0.462. The molecule has 0 unspecified atom stereocenters. The highest BCUT2D eigenvalue weighted by atomic mass is 19.1. The molecule has 31 heavy (non-hydrogen) atoms. The van der Waals surface area contributed by atoms with Crippen molar-refractivity contribution in [1.82, 2.24) is 10.2 Å². The zero-order valence-corrected chi connectivity index (χ0v) is 19.2. The molecule has 2 aromatic rings. The average Bonchev–Trinajstić information content (AvgIpc) is 2.76. The normalized spacial score (nSPS) is 11.9. The molecule has 0 spiro atoms. The van der Waals surface area contributed by atoms with Gasteiger partial charge in [0.05, 0.1) is 0 Å². The topological polar surface area (TPSA) is 49.4 Å². The second-order valence-corrected chi connectivity index (χ2v) is 8.33. The summed E-state index contributed by atoms with van der Waals surface area (Å²) in [6, 6.07) is 14.0. The summed E-state index contributed by atoms with van der Waals surface area (Å²) in [7, 11) is 0. The standard InChI is InChI=1S/C26H35FN2O2/c1-5-6-17-28-26(31)20(4)29(18-23-9-7-8-10-24(23)27)25(30)16-13-21-11-14-22(15-12-21)19(2)3/h7-12,14-15,19-20H,5-6,13,16-18H2,1-4H3,(H,28,31)/t20-/m1/s1. The molecule has 0 aliphatic heterocycles. The first-order valence-electron chi connectivity index (χ1n) is 11.2. The molecule has 0 heterocycles. The van der Waals surface area contributed by atoms with Gasteiger partial charge in [-0.25, -0.2) is 4.39 Å². The smallest absolute Gasteiger partial charge is 0.242 e. The van der Waals surface area contributed by atoms with Gasteiger partial charge in [0, 0.05) is 25.1 Å². The molecular formula is C26H35FN2O2. The predicted octanol–water partition coefficient (Wildman–Crippen LogP) is 5.22. The Kier molecular flexibility index (Phi) is 9.70. The third-order valence-electron chi connectivity index (χ3n) is 5.57. The van der Waals surface area contributed by atoms with Gasteiger partial charge in [-0.2, -0.15) is 0 Å². The number of hydrogen-bond acceptors (Lipinski definition) is 2. The van der Waals surface area contributed by atoms with Gasteiger partial charge in [-0.05, 0) is 42.9 Å². The molecule has 0 aliphatic rings. The number of amides is 2. The summed E-state index contributed by atoms with van der Waals surface area (Å²) in [6.45, 7) is 8.69. The van der Waals surface area contributed by atoms with E-state index in [9.17, 15) is 14.0 Å². The van der Waals surface area contributed by atoms with Crippen molar-refractivity contribution in [3.63, 3.8) is 0 Å². The molecule has 5 heteroatoms. The molecule has 0 radical (unpaired) electrons. The number of unbranched alkanes of at least 4 members (excludes halogenated alkanes) is 1. The van der Waals surface area contributed by atoms with E-state index in [2.05, 4.69) is 38.2 Å². The Hall–Kier alpha value is -2.69. The molecular weight excluding hydrogens is 391 g/mol.